The standard InChI is InChI=1S/C28H32N2O2S/c1-4-17-29(28(32)25(5-2)24-14-10-7-11-15-24)21-27(31)30(19-23-12-8-6-9-13-23)20-26-22(3)16-18-33-26/h4,6-16,18,25H,1,5,17,19-21H2,2-3H3. The van der Waals surface area contributed by atoms with Crippen LogP contribution in [0.1, 0.15) is 40.8 Å². The zero-order valence-electron chi connectivity index (χ0n) is 19.4. The number of hydrogen-bond donors (Lipinski definition) is 0. The minimum absolute atomic E-state index is 0.0332. The first kappa shape index (κ1) is 24.5. The number of nitrogens with zero attached hydrogens (tertiary/aromatic N) is 2. The van der Waals surface area contributed by atoms with Gasteiger partial charge in [0.1, 0.15) is 6.54 Å². The Hall–Kier alpha value is -3.18. The number of amides is 2. The van der Waals surface area contributed by atoms with Crippen molar-refractivity contribution in [3.8, 4) is 0 Å². The summed E-state index contributed by atoms with van der Waals surface area (Å²) in [4.78, 5) is 31.6. The largest absolute Gasteiger partial charge is 0.332 e. The van der Waals surface area contributed by atoms with E-state index in [2.05, 4.69) is 24.9 Å². The van der Waals surface area contributed by atoms with E-state index in [9.17, 15) is 9.59 Å². The summed E-state index contributed by atoms with van der Waals surface area (Å²) in [7, 11) is 0. The highest BCUT2D eigenvalue weighted by Crippen LogP contribution is 2.23. The van der Waals surface area contributed by atoms with Gasteiger partial charge in [0.15, 0.2) is 0 Å². The van der Waals surface area contributed by atoms with Gasteiger partial charge in [-0.2, -0.15) is 0 Å². The van der Waals surface area contributed by atoms with E-state index in [1.54, 1.807) is 22.3 Å². The first-order valence-electron chi connectivity index (χ1n) is 11.3. The van der Waals surface area contributed by atoms with Crippen molar-refractivity contribution in [1.29, 1.82) is 0 Å². The molecular weight excluding hydrogens is 428 g/mol. The fourth-order valence-corrected chi connectivity index (χ4v) is 4.81. The predicted molar refractivity (Wildman–Crippen MR) is 136 cm³/mol. The molecule has 0 aliphatic rings. The molecule has 0 aliphatic carbocycles. The number of benzene rings is 2. The fourth-order valence-electron chi connectivity index (χ4n) is 3.89. The summed E-state index contributed by atoms with van der Waals surface area (Å²) in [5, 5.41) is 2.05. The monoisotopic (exact) mass is 460 g/mol. The summed E-state index contributed by atoms with van der Waals surface area (Å²) in [6.07, 6.45) is 2.36. The molecule has 172 valence electrons. The minimum atomic E-state index is -0.277. The van der Waals surface area contributed by atoms with Gasteiger partial charge in [-0.25, -0.2) is 0 Å². The zero-order chi connectivity index (χ0) is 23.6. The molecular formula is C28H32N2O2S. The number of carbonyl (C=O) groups is 2. The molecule has 0 fully saturated rings. The molecule has 3 aromatic rings. The topological polar surface area (TPSA) is 40.6 Å². The average Bonchev–Trinajstić information content (AvgIpc) is 3.24. The smallest absolute Gasteiger partial charge is 0.242 e. The van der Waals surface area contributed by atoms with Crippen molar-refractivity contribution in [1.82, 2.24) is 9.80 Å². The van der Waals surface area contributed by atoms with E-state index in [1.165, 1.54) is 5.56 Å². The van der Waals surface area contributed by atoms with Crippen molar-refractivity contribution in [2.75, 3.05) is 13.1 Å². The van der Waals surface area contributed by atoms with E-state index < -0.39 is 0 Å². The molecule has 3 rings (SSSR count). The van der Waals surface area contributed by atoms with Crippen LogP contribution in [-0.2, 0) is 22.7 Å². The van der Waals surface area contributed by atoms with Crippen molar-refractivity contribution in [3.05, 3.63) is 106 Å². The molecule has 0 saturated heterocycles. The van der Waals surface area contributed by atoms with Crippen LogP contribution in [-0.4, -0.2) is 34.7 Å². The highest BCUT2D eigenvalue weighted by molar-refractivity contribution is 7.10. The molecule has 2 amide bonds. The maximum Gasteiger partial charge on any atom is 0.242 e. The summed E-state index contributed by atoms with van der Waals surface area (Å²) >= 11 is 1.66. The minimum Gasteiger partial charge on any atom is -0.332 e. The molecule has 2 aromatic carbocycles. The quantitative estimate of drug-likeness (QED) is 0.340. The number of thiophene rings is 1. The molecule has 0 bridgehead atoms. The highest BCUT2D eigenvalue weighted by atomic mass is 32.1. The van der Waals surface area contributed by atoms with Gasteiger partial charge < -0.3 is 9.80 Å². The summed E-state index contributed by atoms with van der Waals surface area (Å²) in [5.74, 6) is -0.380. The van der Waals surface area contributed by atoms with Gasteiger partial charge in [-0.15, -0.1) is 17.9 Å². The van der Waals surface area contributed by atoms with Crippen molar-refractivity contribution in [3.63, 3.8) is 0 Å². The lowest BCUT2D eigenvalue weighted by Gasteiger charge is -2.29. The van der Waals surface area contributed by atoms with Crippen LogP contribution in [0.3, 0.4) is 0 Å². The van der Waals surface area contributed by atoms with Gasteiger partial charge in [-0.3, -0.25) is 9.59 Å². The molecule has 0 saturated carbocycles. The van der Waals surface area contributed by atoms with Gasteiger partial charge in [0.2, 0.25) is 11.8 Å². The van der Waals surface area contributed by atoms with Crippen molar-refractivity contribution < 1.29 is 9.59 Å². The summed E-state index contributed by atoms with van der Waals surface area (Å²) in [6, 6.07) is 21.8. The highest BCUT2D eigenvalue weighted by Gasteiger charge is 2.27. The molecule has 33 heavy (non-hydrogen) atoms. The van der Waals surface area contributed by atoms with Crippen molar-refractivity contribution in [2.24, 2.45) is 0 Å². The van der Waals surface area contributed by atoms with Gasteiger partial charge >= 0.3 is 0 Å². The molecule has 1 unspecified atom stereocenters. The van der Waals surface area contributed by atoms with Crippen LogP contribution < -0.4 is 0 Å². The predicted octanol–water partition coefficient (Wildman–Crippen LogP) is 5.79. The molecule has 0 radical (unpaired) electrons. The van der Waals surface area contributed by atoms with E-state index in [1.807, 2.05) is 72.5 Å². The lowest BCUT2D eigenvalue weighted by Crippen LogP contribution is -2.44. The Labute approximate surface area is 201 Å². The average molecular weight is 461 g/mol. The molecule has 0 N–H and O–H groups in total. The molecule has 4 nitrogen and oxygen atoms in total. The normalized spacial score (nSPS) is 11.6. The fraction of sp³-hybridized carbons (Fsp3) is 0.286. The van der Waals surface area contributed by atoms with Gasteiger partial charge in [0.05, 0.1) is 12.5 Å². The van der Waals surface area contributed by atoms with Crippen LogP contribution in [0.2, 0.25) is 0 Å². The molecule has 1 atom stereocenters. The number of hydrogen-bond acceptors (Lipinski definition) is 3. The van der Waals surface area contributed by atoms with Gasteiger partial charge in [-0.1, -0.05) is 73.7 Å². The molecule has 5 heteroatoms. The zero-order valence-corrected chi connectivity index (χ0v) is 20.3. The SMILES string of the molecule is C=CCN(CC(=O)N(Cc1ccccc1)Cc1sccc1C)C(=O)C(CC)c1ccccc1. The van der Waals surface area contributed by atoms with E-state index in [0.29, 0.717) is 26.1 Å². The van der Waals surface area contributed by atoms with Gasteiger partial charge in [-0.05, 0) is 41.5 Å². The first-order valence-corrected chi connectivity index (χ1v) is 12.2. The Morgan fingerprint density at radius 1 is 0.970 bits per heavy atom. The second kappa shape index (κ2) is 12.2. The van der Waals surface area contributed by atoms with E-state index >= 15 is 0 Å². The Bertz CT molecular complexity index is 1050. The van der Waals surface area contributed by atoms with Crippen LogP contribution in [0, 0.1) is 6.92 Å². The second-order valence-electron chi connectivity index (χ2n) is 8.14. The number of aryl methyl sites for hydroxylation is 1. The van der Waals surface area contributed by atoms with Crippen LogP contribution in [0.15, 0.2) is 84.8 Å². The summed E-state index contributed by atoms with van der Waals surface area (Å²) in [6.45, 7) is 9.29. The Balaban J connectivity index is 1.81. The van der Waals surface area contributed by atoms with Crippen LogP contribution in [0.25, 0.3) is 0 Å². The van der Waals surface area contributed by atoms with Crippen LogP contribution in [0.4, 0.5) is 0 Å². The molecule has 0 aliphatic heterocycles. The van der Waals surface area contributed by atoms with Crippen LogP contribution >= 0.6 is 11.3 Å². The maximum absolute atomic E-state index is 13.5. The Morgan fingerprint density at radius 3 is 2.21 bits per heavy atom. The van der Waals surface area contributed by atoms with Gasteiger partial charge in [0, 0.05) is 18.0 Å². The van der Waals surface area contributed by atoms with E-state index in [-0.39, 0.29) is 24.3 Å². The summed E-state index contributed by atoms with van der Waals surface area (Å²) in [5.41, 5.74) is 3.22. The maximum atomic E-state index is 13.5. The van der Waals surface area contributed by atoms with E-state index in [0.717, 1.165) is 16.0 Å². The lowest BCUT2D eigenvalue weighted by molar-refractivity contribution is -0.141. The number of rotatable bonds is 11. The molecule has 1 aromatic heterocycles. The van der Waals surface area contributed by atoms with Crippen LogP contribution in [0.5, 0.6) is 0 Å². The lowest BCUT2D eigenvalue weighted by atomic mass is 9.95. The molecule has 1 heterocycles. The van der Waals surface area contributed by atoms with Gasteiger partial charge in [0.25, 0.3) is 0 Å². The Kier molecular flexibility index (Phi) is 9.02. The third kappa shape index (κ3) is 6.65. The van der Waals surface area contributed by atoms with Crippen molar-refractivity contribution >= 4 is 23.2 Å². The molecule has 0 spiro atoms. The summed E-state index contributed by atoms with van der Waals surface area (Å²) < 4.78 is 0. The Morgan fingerprint density at radius 2 is 1.64 bits per heavy atom. The first-order chi connectivity index (χ1) is 16.0. The second-order valence-corrected chi connectivity index (χ2v) is 9.14. The van der Waals surface area contributed by atoms with E-state index in [4.69, 9.17) is 0 Å². The third-order valence-corrected chi connectivity index (χ3v) is 6.77. The third-order valence-electron chi connectivity index (χ3n) is 5.77. The van der Waals surface area contributed by atoms with Crippen molar-refractivity contribution in [2.45, 2.75) is 39.3 Å². The number of carbonyl (C=O) groups excluding carboxylic acids is 2.